The number of hydrogen-bond acceptors (Lipinski definition) is 32. The van der Waals surface area contributed by atoms with Gasteiger partial charge in [-0.05, 0) is 134 Å². The van der Waals surface area contributed by atoms with E-state index in [2.05, 4.69) is 52.4 Å². The minimum atomic E-state index is -1.55. The third-order valence-electron chi connectivity index (χ3n) is 20.1. The molecule has 34 heteroatoms. The van der Waals surface area contributed by atoms with Crippen molar-refractivity contribution < 1.29 is 143 Å². The average Bonchev–Trinajstić information content (AvgIpc) is 1.65. The highest BCUT2D eigenvalue weighted by atomic mass is 16.8. The van der Waals surface area contributed by atoms with E-state index in [1.807, 2.05) is 42.5 Å². The molecule has 0 amide bonds. The number of nitrogens with one attached hydrogen (secondary N) is 2. The first-order valence-corrected chi connectivity index (χ1v) is 41.7. The summed E-state index contributed by atoms with van der Waals surface area (Å²) in [5.41, 5.74) is 7.88. The first-order chi connectivity index (χ1) is 61.7. The van der Waals surface area contributed by atoms with E-state index < -0.39 is 184 Å². The van der Waals surface area contributed by atoms with Crippen LogP contribution in [-0.4, -0.2) is 204 Å². The third-order valence-corrected chi connectivity index (χ3v) is 20.1. The number of aromatic nitrogens is 4. The maximum Gasteiger partial charge on any atom is 0.303 e. The van der Waals surface area contributed by atoms with Crippen molar-refractivity contribution in [1.29, 1.82) is 0 Å². The fourth-order valence-corrected chi connectivity index (χ4v) is 14.7. The van der Waals surface area contributed by atoms with Crippen molar-refractivity contribution in [3.8, 4) is 52.8 Å². The molecule has 3 aromatic carbocycles. The molecule has 129 heavy (non-hydrogen) atoms. The minimum Gasteiger partial charge on any atom is -0.463 e. The summed E-state index contributed by atoms with van der Waals surface area (Å²) in [4.78, 5) is 168. The third kappa shape index (κ3) is 26.7. The number of H-pyrrole nitrogens is 2. The number of aryl methyl sites for hydroxylation is 1. The van der Waals surface area contributed by atoms with E-state index in [0.29, 0.717) is 79.1 Å². The summed E-state index contributed by atoms with van der Waals surface area (Å²) in [7, 11) is 0. The van der Waals surface area contributed by atoms with Gasteiger partial charge in [-0.15, -0.1) is 0 Å². The lowest BCUT2D eigenvalue weighted by molar-refractivity contribution is -0.288. The van der Waals surface area contributed by atoms with Crippen LogP contribution in [0, 0.1) is 35.5 Å². The van der Waals surface area contributed by atoms with Crippen molar-refractivity contribution in [3.63, 3.8) is 0 Å². The molecular formula is C95H98N4O30. The van der Waals surface area contributed by atoms with Gasteiger partial charge >= 0.3 is 71.6 Å². The van der Waals surface area contributed by atoms with Gasteiger partial charge < -0.3 is 95.2 Å². The first kappa shape index (κ1) is 95.5. The van der Waals surface area contributed by atoms with Crippen molar-refractivity contribution in [2.75, 3.05) is 19.8 Å². The second kappa shape index (κ2) is 44.8. The Morgan fingerprint density at radius 2 is 0.550 bits per heavy atom. The Labute approximate surface area is 742 Å². The second-order valence-electron chi connectivity index (χ2n) is 30.4. The lowest BCUT2D eigenvalue weighted by Crippen LogP contribution is -2.63. The standard InChI is InChI=1S/C95H98N4O30/c1-14-15-16-17-18-19-20-21-69-73-40-42-75(96-73)70(37-28-63-22-31-66(32-23-63)124-93-90(121-60(11)109)87(118-57(8)106)84(115-54(5)103)81(127-93)48-112-51(2)100)77-44-46-79(98-77)72(39-30-65-26-35-68(36-27-65)126-95-92(123-62(13)111)89(120-59(10)108)86(117-56(7)105)83(129-95)50-114-53(4)102)80-47-45-78(99-80)71(76-43-41-74(69)97-76)38-29-64-24-33-67(34-25-64)125-94-91(122-61(12)110)88(119-58(9)107)85(116-55(6)104)82(128-94)49-113-52(3)101/h22-27,31-36,40-47,81-96,99H,14-21,48-50H2,1-13H3/t81?,82?,83?,84-,85-,86-,87+,88+,89+,90?,91?,92?,93+,94+,95+/m1/s1. The van der Waals surface area contributed by atoms with Crippen molar-refractivity contribution in [2.24, 2.45) is 0 Å². The van der Waals surface area contributed by atoms with E-state index in [9.17, 15) is 57.5 Å². The molecule has 5 aliphatic rings. The molecule has 0 saturated carbocycles. The Kier molecular flexibility index (Phi) is 33.2. The van der Waals surface area contributed by atoms with Gasteiger partial charge in [-0.1, -0.05) is 81.0 Å². The topological polar surface area (TPSA) is 428 Å². The van der Waals surface area contributed by atoms with E-state index in [0.717, 1.165) is 139 Å². The van der Waals surface area contributed by atoms with Gasteiger partial charge in [0.15, 0.2) is 36.6 Å². The summed E-state index contributed by atoms with van der Waals surface area (Å²) in [6.45, 7) is 14.3. The highest BCUT2D eigenvalue weighted by Gasteiger charge is 2.57. The zero-order valence-corrected chi connectivity index (χ0v) is 73.1. The zero-order valence-electron chi connectivity index (χ0n) is 73.1. The number of benzene rings is 3. The van der Waals surface area contributed by atoms with Gasteiger partial charge in [0.1, 0.15) is 55.4 Å². The maximum absolute atomic E-state index is 12.7. The number of esters is 12. The van der Waals surface area contributed by atoms with Crippen LogP contribution in [0.2, 0.25) is 0 Å². The maximum atomic E-state index is 12.7. The van der Waals surface area contributed by atoms with Crippen molar-refractivity contribution in [2.45, 2.75) is 233 Å². The van der Waals surface area contributed by atoms with Crippen molar-refractivity contribution >= 4 is 118 Å². The van der Waals surface area contributed by atoms with Crippen LogP contribution in [0.25, 0.3) is 46.4 Å². The number of carbonyl (C=O) groups is 12. The Morgan fingerprint density at radius 3 is 0.845 bits per heavy atom. The molecular weight excluding hydrogens is 1680 g/mol. The van der Waals surface area contributed by atoms with Gasteiger partial charge in [0, 0.05) is 111 Å². The summed E-state index contributed by atoms with van der Waals surface area (Å²) in [5, 5.41) is 0. The van der Waals surface area contributed by atoms with Crippen LogP contribution in [0.15, 0.2) is 97.1 Å². The van der Waals surface area contributed by atoms with E-state index in [-0.39, 0.29) is 17.2 Å². The predicted octanol–water partition coefficient (Wildman–Crippen LogP) is 10.5. The van der Waals surface area contributed by atoms with Gasteiger partial charge in [0.2, 0.25) is 37.2 Å². The van der Waals surface area contributed by atoms with Crippen LogP contribution >= 0.6 is 0 Å². The number of ether oxygens (including phenoxy) is 18. The molecule has 6 aromatic rings. The molecule has 34 nitrogen and oxygen atoms in total. The van der Waals surface area contributed by atoms with Crippen LogP contribution in [0.4, 0.5) is 0 Å². The minimum absolute atomic E-state index is 0.141. The molecule has 0 aliphatic carbocycles. The van der Waals surface area contributed by atoms with Crippen LogP contribution < -0.4 is 14.2 Å². The van der Waals surface area contributed by atoms with E-state index in [1.54, 1.807) is 78.9 Å². The Morgan fingerprint density at radius 1 is 0.295 bits per heavy atom. The van der Waals surface area contributed by atoms with Gasteiger partial charge in [0.25, 0.3) is 0 Å². The molecule has 6 unspecified atom stereocenters. The number of aromatic amines is 2. The molecule has 3 fully saturated rings. The predicted molar refractivity (Wildman–Crippen MR) is 456 cm³/mol. The fourth-order valence-electron chi connectivity index (χ4n) is 14.7. The van der Waals surface area contributed by atoms with Crippen LogP contribution in [-0.2, 0) is 135 Å². The van der Waals surface area contributed by atoms with E-state index >= 15 is 0 Å². The molecule has 0 radical (unpaired) electrons. The molecule has 5 aliphatic heterocycles. The van der Waals surface area contributed by atoms with Gasteiger partial charge in [-0.25, -0.2) is 9.97 Å². The molecule has 8 heterocycles. The van der Waals surface area contributed by atoms with Gasteiger partial charge in [0.05, 0.1) is 56.0 Å². The van der Waals surface area contributed by atoms with Crippen molar-refractivity contribution in [1.82, 2.24) is 19.9 Å². The number of rotatable bonds is 29. The van der Waals surface area contributed by atoms with Crippen molar-refractivity contribution in [3.05, 3.63) is 159 Å². The number of fused-ring (bicyclic) bond motifs is 8. The number of carbonyl (C=O) groups excluding carboxylic acids is 12. The van der Waals surface area contributed by atoms with Gasteiger partial charge in [-0.2, -0.15) is 0 Å². The lowest BCUT2D eigenvalue weighted by Gasteiger charge is -2.43. The Bertz CT molecular complexity index is 5480. The highest BCUT2D eigenvalue weighted by Crippen LogP contribution is 2.37. The summed E-state index contributed by atoms with van der Waals surface area (Å²) < 4.78 is 104. The molecule has 678 valence electrons. The number of nitrogens with zero attached hydrogens (tertiary/aromatic N) is 2. The first-order valence-electron chi connectivity index (χ1n) is 41.7. The monoisotopic (exact) mass is 1770 g/mol. The average molecular weight is 1780 g/mol. The summed E-state index contributed by atoms with van der Waals surface area (Å²) in [6, 6.07) is 26.9. The molecule has 3 saturated heterocycles. The molecule has 3 aromatic heterocycles. The quantitative estimate of drug-likeness (QED) is 0.0190. The summed E-state index contributed by atoms with van der Waals surface area (Å²) in [5.74, 6) is 11.1. The number of hydrogen-bond donors (Lipinski definition) is 2. The molecule has 15 atom stereocenters. The van der Waals surface area contributed by atoms with E-state index in [4.69, 9.17) is 95.2 Å². The molecule has 11 rings (SSSR count). The lowest BCUT2D eigenvalue weighted by atomic mass is 9.98. The highest BCUT2D eigenvalue weighted by molar-refractivity contribution is 5.88. The van der Waals surface area contributed by atoms with E-state index in [1.165, 1.54) is 0 Å². The Balaban J connectivity index is 1.03. The van der Waals surface area contributed by atoms with Crippen LogP contribution in [0.3, 0.4) is 0 Å². The zero-order chi connectivity index (χ0) is 92.7. The van der Waals surface area contributed by atoms with Crippen LogP contribution in [0.5, 0.6) is 17.2 Å². The largest absolute Gasteiger partial charge is 0.463 e. The summed E-state index contributed by atoms with van der Waals surface area (Å²) in [6.07, 6.45) is -6.38. The van der Waals surface area contributed by atoms with Crippen LogP contribution in [0.1, 0.15) is 197 Å². The normalized spacial score (nSPS) is 21.7. The number of unbranched alkanes of at least 4 members (excludes halogenated alkanes) is 6. The molecule has 8 bridgehead atoms. The SMILES string of the molecule is CCCCCCCCCc1c2nc(c(C#Cc3ccc(O[C@H]4OC(COC(C)=O)[C@@H](OC(C)=O)[C@H](OC(C)=O)C4OC(C)=O)cc3)c3ccc([nH]3)c(C#Cc3ccc(O[C@H]4OC(COC(C)=O)[C@@H](OC(C)=O)[C@H](OC(C)=O)C4OC(C)=O)cc3)c3nc(c(C#Cc4ccc(O[C@H]5OC(COC(C)=O)[C@@H](OC(C)=O)[C@H](OC(C)=O)C5OC(C)=O)cc4)c4ccc1[nH]4)C=C3)C=C2. The smallest absolute Gasteiger partial charge is 0.303 e. The molecule has 2 N–H and O–H groups in total. The molecule has 0 spiro atoms. The fraction of sp³-hybridized carbons (Fsp3) is 0.411. The van der Waals surface area contributed by atoms with Gasteiger partial charge in [-0.3, -0.25) is 57.5 Å². The second-order valence-corrected chi connectivity index (χ2v) is 30.4. The summed E-state index contributed by atoms with van der Waals surface area (Å²) >= 11 is 0. The Hall–Kier alpha value is -14.1.